The van der Waals surface area contributed by atoms with Crippen LogP contribution in [0.2, 0.25) is 0 Å². The smallest absolute Gasteiger partial charge is 0.123 e. The zero-order valence-corrected chi connectivity index (χ0v) is 18.7. The molecule has 3 heteroatoms. The van der Waals surface area contributed by atoms with E-state index in [1.54, 1.807) is 6.07 Å². The molecule has 0 spiro atoms. The molecule has 0 radical (unpaired) electrons. The Morgan fingerprint density at radius 3 is 2.30 bits per heavy atom. The second-order valence-corrected chi connectivity index (χ2v) is 8.65. The van der Waals surface area contributed by atoms with Crippen LogP contribution in [-0.2, 0) is 5.41 Å². The molecule has 1 N–H and O–H groups in total. The predicted octanol–water partition coefficient (Wildman–Crippen LogP) is 6.02. The Bertz CT molecular complexity index is 1100. The molecule has 0 aliphatic carbocycles. The first-order chi connectivity index (χ1) is 14.4. The third-order valence-electron chi connectivity index (χ3n) is 7.05. The van der Waals surface area contributed by atoms with Crippen LogP contribution in [0.5, 0.6) is 5.75 Å². The Kier molecular flexibility index (Phi) is 5.11. The van der Waals surface area contributed by atoms with Gasteiger partial charge < -0.3 is 10.0 Å². The number of phenolic OH excluding ortho intramolecular Hbond substituents is 1. The summed E-state index contributed by atoms with van der Waals surface area (Å²) >= 11 is 0. The van der Waals surface area contributed by atoms with Gasteiger partial charge in [-0.2, -0.15) is 0 Å². The lowest BCUT2D eigenvalue weighted by Crippen LogP contribution is -2.64. The summed E-state index contributed by atoms with van der Waals surface area (Å²) in [6.45, 7) is 11.0. The molecule has 1 heterocycles. The SMILES string of the molecule is CCN(CC)C1(C=Cc2c(O)ccc3ccccc23)N(C)c2ccccc2C1(C)C. The number of nitrogens with zero attached hydrogens (tertiary/aromatic N) is 2. The van der Waals surface area contributed by atoms with Gasteiger partial charge in [0.2, 0.25) is 0 Å². The van der Waals surface area contributed by atoms with Crippen molar-refractivity contribution in [3.8, 4) is 5.75 Å². The van der Waals surface area contributed by atoms with Gasteiger partial charge in [-0.15, -0.1) is 0 Å². The fourth-order valence-electron chi connectivity index (χ4n) is 5.49. The normalized spacial score (nSPS) is 20.4. The van der Waals surface area contributed by atoms with Crippen molar-refractivity contribution in [2.24, 2.45) is 0 Å². The molecule has 3 aromatic rings. The maximum absolute atomic E-state index is 10.7. The third kappa shape index (κ3) is 2.76. The average molecular weight is 401 g/mol. The van der Waals surface area contributed by atoms with Gasteiger partial charge in [-0.05, 0) is 47.6 Å². The molecule has 3 nitrogen and oxygen atoms in total. The van der Waals surface area contributed by atoms with Crippen molar-refractivity contribution >= 4 is 22.5 Å². The van der Waals surface area contributed by atoms with E-state index >= 15 is 0 Å². The first-order valence-electron chi connectivity index (χ1n) is 10.9. The van der Waals surface area contributed by atoms with Crippen LogP contribution < -0.4 is 4.90 Å². The van der Waals surface area contributed by atoms with Crippen LogP contribution in [0, 0.1) is 0 Å². The number of hydrogen-bond donors (Lipinski definition) is 1. The predicted molar refractivity (Wildman–Crippen MR) is 128 cm³/mol. The van der Waals surface area contributed by atoms with E-state index in [4.69, 9.17) is 0 Å². The quantitative estimate of drug-likeness (QED) is 0.567. The number of anilines is 1. The highest BCUT2D eigenvalue weighted by molar-refractivity contribution is 5.93. The van der Waals surface area contributed by atoms with Gasteiger partial charge in [0.15, 0.2) is 0 Å². The Hall–Kier alpha value is -2.78. The molecule has 0 fully saturated rings. The van der Waals surface area contributed by atoms with E-state index in [0.717, 1.165) is 29.4 Å². The van der Waals surface area contributed by atoms with E-state index < -0.39 is 0 Å². The van der Waals surface area contributed by atoms with Crippen molar-refractivity contribution in [2.75, 3.05) is 25.0 Å². The van der Waals surface area contributed by atoms with Gasteiger partial charge in [0.25, 0.3) is 0 Å². The summed E-state index contributed by atoms with van der Waals surface area (Å²) in [7, 11) is 2.19. The summed E-state index contributed by atoms with van der Waals surface area (Å²) in [6.07, 6.45) is 4.43. The maximum atomic E-state index is 10.7. The number of hydrogen-bond acceptors (Lipinski definition) is 3. The second kappa shape index (κ2) is 7.48. The number of rotatable bonds is 5. The molecule has 156 valence electrons. The van der Waals surface area contributed by atoms with Crippen LogP contribution in [-0.4, -0.2) is 35.8 Å². The van der Waals surface area contributed by atoms with Gasteiger partial charge in [-0.3, -0.25) is 4.90 Å². The molecule has 4 rings (SSSR count). The van der Waals surface area contributed by atoms with Crippen molar-refractivity contribution in [3.63, 3.8) is 0 Å². The first-order valence-corrected chi connectivity index (χ1v) is 10.9. The number of phenols is 1. The zero-order valence-electron chi connectivity index (χ0n) is 18.7. The Balaban J connectivity index is 1.94. The molecule has 30 heavy (non-hydrogen) atoms. The Morgan fingerprint density at radius 1 is 0.933 bits per heavy atom. The fourth-order valence-corrected chi connectivity index (χ4v) is 5.49. The van der Waals surface area contributed by atoms with E-state index in [0.29, 0.717) is 5.75 Å². The zero-order chi connectivity index (χ0) is 21.5. The van der Waals surface area contributed by atoms with Gasteiger partial charge in [-0.25, -0.2) is 0 Å². The largest absolute Gasteiger partial charge is 0.507 e. The summed E-state index contributed by atoms with van der Waals surface area (Å²) in [5.74, 6) is 0.315. The molecule has 0 saturated carbocycles. The summed E-state index contributed by atoms with van der Waals surface area (Å²) in [6, 6.07) is 20.7. The molecule has 3 aromatic carbocycles. The van der Waals surface area contributed by atoms with Crippen LogP contribution in [0.15, 0.2) is 66.7 Å². The molecule has 1 aliphatic heterocycles. The number of fused-ring (bicyclic) bond motifs is 2. The lowest BCUT2D eigenvalue weighted by Gasteiger charge is -2.51. The molecule has 1 aliphatic rings. The van der Waals surface area contributed by atoms with Crippen LogP contribution in [0.25, 0.3) is 16.8 Å². The molecule has 1 atom stereocenters. The monoisotopic (exact) mass is 400 g/mol. The molecule has 0 bridgehead atoms. The summed E-state index contributed by atoms with van der Waals surface area (Å²) in [5, 5.41) is 12.9. The second-order valence-electron chi connectivity index (χ2n) is 8.65. The molecule has 0 aromatic heterocycles. The van der Waals surface area contributed by atoms with E-state index in [9.17, 15) is 5.11 Å². The topological polar surface area (TPSA) is 26.7 Å². The highest BCUT2D eigenvalue weighted by Crippen LogP contribution is 2.53. The fraction of sp³-hybridized carbons (Fsp3) is 0.333. The minimum Gasteiger partial charge on any atom is -0.507 e. The molecule has 1 unspecified atom stereocenters. The van der Waals surface area contributed by atoms with Crippen molar-refractivity contribution in [3.05, 3.63) is 77.9 Å². The standard InChI is InChI=1S/C27H32N2O/c1-6-29(7-2)27(26(3,4)23-14-10-11-15-24(23)28(27)5)19-18-22-21-13-9-8-12-20(21)16-17-25(22)30/h8-19,30H,6-7H2,1-5H3. The van der Waals surface area contributed by atoms with Crippen molar-refractivity contribution in [1.82, 2.24) is 4.90 Å². The molecule has 0 amide bonds. The van der Waals surface area contributed by atoms with E-state index in [1.165, 1.54) is 11.3 Å². The first kappa shape index (κ1) is 20.5. The minimum absolute atomic E-state index is 0.138. The van der Waals surface area contributed by atoms with Gasteiger partial charge in [0.1, 0.15) is 11.4 Å². The van der Waals surface area contributed by atoms with Crippen LogP contribution in [0.4, 0.5) is 5.69 Å². The van der Waals surface area contributed by atoms with Crippen molar-refractivity contribution < 1.29 is 5.11 Å². The minimum atomic E-state index is -0.344. The molecular weight excluding hydrogens is 368 g/mol. The molecule has 0 saturated heterocycles. The number of benzene rings is 3. The number of aromatic hydroxyl groups is 1. The number of likely N-dealkylation sites (N-methyl/N-ethyl adjacent to an activating group) is 2. The van der Waals surface area contributed by atoms with E-state index in [-0.39, 0.29) is 11.1 Å². The third-order valence-corrected chi connectivity index (χ3v) is 7.05. The van der Waals surface area contributed by atoms with Crippen molar-refractivity contribution in [2.45, 2.75) is 38.8 Å². The highest BCUT2D eigenvalue weighted by atomic mass is 16.3. The summed E-state index contributed by atoms with van der Waals surface area (Å²) in [4.78, 5) is 4.93. The van der Waals surface area contributed by atoms with Gasteiger partial charge in [0.05, 0.1) is 0 Å². The Labute approximate surface area is 180 Å². The van der Waals surface area contributed by atoms with Crippen LogP contribution >= 0.6 is 0 Å². The van der Waals surface area contributed by atoms with Gasteiger partial charge in [0, 0.05) is 23.7 Å². The highest BCUT2D eigenvalue weighted by Gasteiger charge is 2.56. The van der Waals surface area contributed by atoms with Crippen LogP contribution in [0.3, 0.4) is 0 Å². The van der Waals surface area contributed by atoms with E-state index in [1.807, 2.05) is 18.2 Å². The molecular formula is C27H32N2O. The summed E-state index contributed by atoms with van der Waals surface area (Å²) < 4.78 is 0. The van der Waals surface area contributed by atoms with E-state index in [2.05, 4.69) is 93.1 Å². The number of para-hydroxylation sites is 1. The lowest BCUT2D eigenvalue weighted by atomic mass is 9.74. The van der Waals surface area contributed by atoms with Crippen LogP contribution in [0.1, 0.15) is 38.8 Å². The Morgan fingerprint density at radius 2 is 1.60 bits per heavy atom. The van der Waals surface area contributed by atoms with Gasteiger partial charge in [-0.1, -0.05) is 82.3 Å². The maximum Gasteiger partial charge on any atom is 0.123 e. The lowest BCUT2D eigenvalue weighted by molar-refractivity contribution is 0.0883. The van der Waals surface area contributed by atoms with Crippen molar-refractivity contribution in [1.29, 1.82) is 0 Å². The summed E-state index contributed by atoms with van der Waals surface area (Å²) in [5.41, 5.74) is 3.01. The van der Waals surface area contributed by atoms with Gasteiger partial charge >= 0.3 is 0 Å². The average Bonchev–Trinajstić information content (AvgIpc) is 2.93.